The zero-order valence-corrected chi connectivity index (χ0v) is 21.2. The Bertz CT molecular complexity index is 1460. The van der Waals surface area contributed by atoms with Crippen molar-refractivity contribution in [1.29, 1.82) is 0 Å². The van der Waals surface area contributed by atoms with Crippen molar-refractivity contribution in [2.24, 2.45) is 0 Å². The molecule has 3 aromatic carbocycles. The first-order valence-electron chi connectivity index (χ1n) is 12.2. The molecule has 0 bridgehead atoms. The highest BCUT2D eigenvalue weighted by molar-refractivity contribution is 6.04. The van der Waals surface area contributed by atoms with E-state index in [1.165, 1.54) is 0 Å². The van der Waals surface area contributed by atoms with E-state index >= 15 is 0 Å². The number of H-pyrrole nitrogens is 1. The minimum Gasteiger partial charge on any atom is -0.348 e. The normalized spacial score (nSPS) is 11.2. The third kappa shape index (κ3) is 6.68. The lowest BCUT2D eigenvalue weighted by Gasteiger charge is -2.25. The van der Waals surface area contributed by atoms with Gasteiger partial charge in [-0.1, -0.05) is 54.1 Å². The molecule has 0 fully saturated rings. The van der Waals surface area contributed by atoms with Crippen LogP contribution in [0.2, 0.25) is 0 Å². The van der Waals surface area contributed by atoms with Crippen LogP contribution in [0.25, 0.3) is 10.9 Å². The molecular formula is C29H31N5O3. The van der Waals surface area contributed by atoms with Gasteiger partial charge in [0.05, 0.1) is 35.2 Å². The molecular weight excluding hydrogens is 466 g/mol. The molecule has 8 heteroatoms. The van der Waals surface area contributed by atoms with Crippen LogP contribution < -0.4 is 16.2 Å². The molecule has 190 valence electrons. The summed E-state index contributed by atoms with van der Waals surface area (Å²) in [6, 6.07) is 22.0. The summed E-state index contributed by atoms with van der Waals surface area (Å²) >= 11 is 0. The molecule has 37 heavy (non-hydrogen) atoms. The summed E-state index contributed by atoms with van der Waals surface area (Å²) in [5, 5.41) is 6.32. The van der Waals surface area contributed by atoms with Gasteiger partial charge in [-0.2, -0.15) is 0 Å². The van der Waals surface area contributed by atoms with Crippen molar-refractivity contribution in [3.05, 3.63) is 106 Å². The number of amides is 2. The van der Waals surface area contributed by atoms with Crippen LogP contribution in [-0.2, 0) is 17.9 Å². The van der Waals surface area contributed by atoms with Gasteiger partial charge in [-0.25, -0.2) is 4.98 Å². The van der Waals surface area contributed by atoms with Gasteiger partial charge in [0.2, 0.25) is 5.91 Å². The standard InChI is InChI=1S/C29H31N5O3/c1-19(2)34(17-26-31-24-10-6-5-9-23(24)29(37)33-26)18-27(35)32-25-11-7-4-8-22(25)28(36)30-16-21-14-12-20(3)13-15-21/h4-15,19H,16-18H2,1-3H3,(H,30,36)(H,32,35)(H,31,33,37). The van der Waals surface area contributed by atoms with Crippen LogP contribution in [0.5, 0.6) is 0 Å². The molecule has 0 unspecified atom stereocenters. The lowest BCUT2D eigenvalue weighted by Crippen LogP contribution is -2.38. The van der Waals surface area contributed by atoms with E-state index in [0.717, 1.165) is 11.1 Å². The van der Waals surface area contributed by atoms with Crippen molar-refractivity contribution < 1.29 is 9.59 Å². The fraction of sp³-hybridized carbons (Fsp3) is 0.241. The number of aromatic nitrogens is 2. The second-order valence-corrected chi connectivity index (χ2v) is 9.29. The second-order valence-electron chi connectivity index (χ2n) is 9.29. The molecule has 0 atom stereocenters. The number of nitrogens with zero attached hydrogens (tertiary/aromatic N) is 2. The zero-order chi connectivity index (χ0) is 26.4. The van der Waals surface area contributed by atoms with E-state index in [0.29, 0.717) is 41.1 Å². The third-order valence-corrected chi connectivity index (χ3v) is 6.11. The SMILES string of the molecule is Cc1ccc(CNC(=O)c2ccccc2NC(=O)CN(Cc2nc3ccccc3c(=O)[nH]2)C(C)C)cc1. The summed E-state index contributed by atoms with van der Waals surface area (Å²) in [5.41, 5.74) is 3.38. The highest BCUT2D eigenvalue weighted by Crippen LogP contribution is 2.16. The van der Waals surface area contributed by atoms with Crippen LogP contribution >= 0.6 is 0 Å². The number of nitrogens with one attached hydrogen (secondary N) is 3. The van der Waals surface area contributed by atoms with Crippen molar-refractivity contribution in [1.82, 2.24) is 20.2 Å². The average Bonchev–Trinajstić information content (AvgIpc) is 2.88. The van der Waals surface area contributed by atoms with E-state index in [4.69, 9.17) is 0 Å². The third-order valence-electron chi connectivity index (χ3n) is 6.11. The molecule has 0 aliphatic rings. The van der Waals surface area contributed by atoms with Crippen molar-refractivity contribution >= 4 is 28.4 Å². The van der Waals surface area contributed by atoms with Crippen LogP contribution in [-0.4, -0.2) is 39.3 Å². The van der Waals surface area contributed by atoms with E-state index in [1.807, 2.05) is 56.0 Å². The predicted molar refractivity (Wildman–Crippen MR) is 145 cm³/mol. The van der Waals surface area contributed by atoms with E-state index in [-0.39, 0.29) is 30.0 Å². The summed E-state index contributed by atoms with van der Waals surface area (Å²) < 4.78 is 0. The van der Waals surface area contributed by atoms with Crippen LogP contribution in [0.3, 0.4) is 0 Å². The molecule has 1 heterocycles. The number of carbonyl (C=O) groups is 2. The van der Waals surface area contributed by atoms with Gasteiger partial charge in [-0.3, -0.25) is 19.3 Å². The van der Waals surface area contributed by atoms with Crippen LogP contribution in [0.1, 0.15) is 41.2 Å². The van der Waals surface area contributed by atoms with E-state index in [1.54, 1.807) is 42.5 Å². The van der Waals surface area contributed by atoms with Gasteiger partial charge in [0.25, 0.3) is 11.5 Å². The zero-order valence-electron chi connectivity index (χ0n) is 21.2. The number of hydrogen-bond acceptors (Lipinski definition) is 5. The van der Waals surface area contributed by atoms with Gasteiger partial charge >= 0.3 is 0 Å². The first kappa shape index (κ1) is 25.8. The molecule has 1 aromatic heterocycles. The van der Waals surface area contributed by atoms with Crippen LogP contribution in [0.15, 0.2) is 77.6 Å². The van der Waals surface area contributed by atoms with E-state index in [2.05, 4.69) is 20.6 Å². The minimum absolute atomic E-state index is 0.00979. The monoisotopic (exact) mass is 497 g/mol. The summed E-state index contributed by atoms with van der Waals surface area (Å²) in [4.78, 5) is 47.6. The molecule has 0 aliphatic carbocycles. The Labute approximate surface area is 215 Å². The maximum Gasteiger partial charge on any atom is 0.258 e. The summed E-state index contributed by atoms with van der Waals surface area (Å²) in [5.74, 6) is -0.0492. The predicted octanol–water partition coefficient (Wildman–Crippen LogP) is 4.01. The molecule has 2 amide bonds. The fourth-order valence-corrected chi connectivity index (χ4v) is 3.97. The smallest absolute Gasteiger partial charge is 0.258 e. The molecule has 0 saturated heterocycles. The Hall–Kier alpha value is -4.30. The largest absolute Gasteiger partial charge is 0.348 e. The molecule has 0 radical (unpaired) electrons. The maximum atomic E-state index is 13.0. The topological polar surface area (TPSA) is 107 Å². The van der Waals surface area contributed by atoms with Gasteiger partial charge < -0.3 is 15.6 Å². The number of fused-ring (bicyclic) bond motifs is 1. The lowest BCUT2D eigenvalue weighted by atomic mass is 10.1. The fourth-order valence-electron chi connectivity index (χ4n) is 3.97. The van der Waals surface area contributed by atoms with Crippen molar-refractivity contribution in [3.8, 4) is 0 Å². The van der Waals surface area contributed by atoms with Crippen molar-refractivity contribution in [3.63, 3.8) is 0 Å². The van der Waals surface area contributed by atoms with Crippen molar-refractivity contribution in [2.75, 3.05) is 11.9 Å². The van der Waals surface area contributed by atoms with Gasteiger partial charge in [0, 0.05) is 12.6 Å². The molecule has 3 N–H and O–H groups in total. The van der Waals surface area contributed by atoms with Gasteiger partial charge in [-0.05, 0) is 50.6 Å². The molecule has 0 aliphatic heterocycles. The molecule has 4 rings (SSSR count). The van der Waals surface area contributed by atoms with Gasteiger partial charge in [0.15, 0.2) is 0 Å². The highest BCUT2D eigenvalue weighted by Gasteiger charge is 2.19. The van der Waals surface area contributed by atoms with Gasteiger partial charge in [0.1, 0.15) is 5.82 Å². The summed E-state index contributed by atoms with van der Waals surface area (Å²) in [6.45, 7) is 6.70. The Kier molecular flexibility index (Phi) is 8.10. The first-order valence-corrected chi connectivity index (χ1v) is 12.2. The molecule has 8 nitrogen and oxygen atoms in total. The molecule has 4 aromatic rings. The highest BCUT2D eigenvalue weighted by atomic mass is 16.2. The Balaban J connectivity index is 1.43. The minimum atomic E-state index is -0.268. The van der Waals surface area contributed by atoms with E-state index < -0.39 is 0 Å². The Morgan fingerprint density at radius 3 is 2.43 bits per heavy atom. The van der Waals surface area contributed by atoms with Gasteiger partial charge in [-0.15, -0.1) is 0 Å². The summed E-state index contributed by atoms with van der Waals surface area (Å²) in [6.07, 6.45) is 0. The Morgan fingerprint density at radius 1 is 0.973 bits per heavy atom. The number of anilines is 1. The number of para-hydroxylation sites is 2. The molecule has 0 saturated carbocycles. The number of aromatic amines is 1. The number of carbonyl (C=O) groups excluding carboxylic acids is 2. The first-order chi connectivity index (χ1) is 17.8. The second kappa shape index (κ2) is 11.6. The number of aryl methyl sites for hydroxylation is 1. The number of rotatable bonds is 9. The molecule has 0 spiro atoms. The number of benzene rings is 3. The average molecular weight is 498 g/mol. The van der Waals surface area contributed by atoms with Crippen LogP contribution in [0.4, 0.5) is 5.69 Å². The lowest BCUT2D eigenvalue weighted by molar-refractivity contribution is -0.117. The number of hydrogen-bond donors (Lipinski definition) is 3. The maximum absolute atomic E-state index is 13.0. The van der Waals surface area contributed by atoms with Crippen LogP contribution in [0, 0.1) is 6.92 Å². The van der Waals surface area contributed by atoms with E-state index in [9.17, 15) is 14.4 Å². The Morgan fingerprint density at radius 2 is 1.68 bits per heavy atom. The van der Waals surface area contributed by atoms with Crippen molar-refractivity contribution in [2.45, 2.75) is 39.9 Å². The summed E-state index contributed by atoms with van der Waals surface area (Å²) in [7, 11) is 0. The quantitative estimate of drug-likeness (QED) is 0.324.